The van der Waals surface area contributed by atoms with Crippen molar-refractivity contribution in [3.8, 4) is 5.75 Å². The highest BCUT2D eigenvalue weighted by atomic mass is 19.1. The molecule has 1 heterocycles. The van der Waals surface area contributed by atoms with E-state index in [2.05, 4.69) is 9.72 Å². The summed E-state index contributed by atoms with van der Waals surface area (Å²) in [6.45, 7) is 6.89. The summed E-state index contributed by atoms with van der Waals surface area (Å²) in [7, 11) is 1.61. The molecule has 5 rings (SSSR count). The van der Waals surface area contributed by atoms with Crippen LogP contribution in [-0.2, 0) is 27.3 Å². The van der Waals surface area contributed by atoms with Crippen molar-refractivity contribution in [3.63, 3.8) is 0 Å². The van der Waals surface area contributed by atoms with E-state index in [9.17, 15) is 19.3 Å². The number of non-ortho nitro benzene ring substituents is 1. The smallest absolute Gasteiger partial charge is 0.339 e. The summed E-state index contributed by atoms with van der Waals surface area (Å²) in [5, 5.41) is 17.4. The summed E-state index contributed by atoms with van der Waals surface area (Å²) in [5.41, 5.74) is 4.43. The van der Waals surface area contributed by atoms with Crippen LogP contribution in [-0.4, -0.2) is 41.0 Å². The predicted molar refractivity (Wildman–Crippen MR) is 167 cm³/mol. The first-order valence-electron chi connectivity index (χ1n) is 14.2. The molecule has 0 bridgehead atoms. The Labute approximate surface area is 253 Å². The average Bonchev–Trinajstić information content (AvgIpc) is 3.31. The molecular formula is C34H32FN3O6. The Bertz CT molecular complexity index is 1900. The van der Waals surface area contributed by atoms with Crippen molar-refractivity contribution in [1.82, 2.24) is 4.57 Å². The molecule has 0 amide bonds. The second kappa shape index (κ2) is 13.0. The Kier molecular flexibility index (Phi) is 9.01. The number of carbonyl (C=O) groups excluding carboxylic acids is 1. The van der Waals surface area contributed by atoms with E-state index in [4.69, 9.17) is 14.3 Å². The molecule has 0 radical (unpaired) electrons. The lowest BCUT2D eigenvalue weighted by atomic mass is 9.96. The van der Waals surface area contributed by atoms with Gasteiger partial charge in [0.2, 0.25) is 0 Å². The fourth-order valence-corrected chi connectivity index (χ4v) is 5.35. The van der Waals surface area contributed by atoms with Gasteiger partial charge in [0.25, 0.3) is 5.69 Å². The summed E-state index contributed by atoms with van der Waals surface area (Å²) >= 11 is 0. The second-order valence-corrected chi connectivity index (χ2v) is 10.5. The molecule has 1 aromatic heterocycles. The molecule has 4 aromatic carbocycles. The van der Waals surface area contributed by atoms with Gasteiger partial charge in [0.1, 0.15) is 23.4 Å². The fourth-order valence-electron chi connectivity index (χ4n) is 5.35. The van der Waals surface area contributed by atoms with E-state index >= 15 is 0 Å². The van der Waals surface area contributed by atoms with Crippen LogP contribution < -0.4 is 4.74 Å². The standard InChI is InChI=1S/C34H32FN3O6/c1-5-37-31-14-10-24(17-28(31)29-19-25(38(40)41)11-15-32(29)37)34(36-44-33(39)18-23-8-6-7-9-30(23)35)27-13-12-26(16-21(27)2)43-22(3)20-42-4/h6-17,19,22H,5,18,20H2,1-4H3/b36-34-. The molecule has 0 spiro atoms. The van der Waals surface area contributed by atoms with Gasteiger partial charge in [0.15, 0.2) is 0 Å². The van der Waals surface area contributed by atoms with Gasteiger partial charge in [-0.25, -0.2) is 9.18 Å². The Morgan fingerprint density at radius 2 is 1.75 bits per heavy atom. The maximum absolute atomic E-state index is 14.2. The summed E-state index contributed by atoms with van der Waals surface area (Å²) in [4.78, 5) is 29.3. The zero-order valence-corrected chi connectivity index (χ0v) is 24.9. The highest BCUT2D eigenvalue weighted by Crippen LogP contribution is 2.33. The van der Waals surface area contributed by atoms with Gasteiger partial charge < -0.3 is 18.9 Å². The Morgan fingerprint density at radius 1 is 1.02 bits per heavy atom. The summed E-state index contributed by atoms with van der Waals surface area (Å²) < 4.78 is 27.4. The number of benzene rings is 4. The quantitative estimate of drug-likeness (QED) is 0.0695. The minimum atomic E-state index is -0.724. The van der Waals surface area contributed by atoms with E-state index in [0.717, 1.165) is 27.4 Å². The number of methoxy groups -OCH3 is 1. The van der Waals surface area contributed by atoms with Crippen molar-refractivity contribution < 1.29 is 28.4 Å². The van der Waals surface area contributed by atoms with Gasteiger partial charge in [-0.05, 0) is 74.4 Å². The van der Waals surface area contributed by atoms with E-state index in [1.54, 1.807) is 37.4 Å². The van der Waals surface area contributed by atoms with Gasteiger partial charge in [-0.15, -0.1) is 0 Å². The third-order valence-corrected chi connectivity index (χ3v) is 7.37. The average molecular weight is 598 g/mol. The van der Waals surface area contributed by atoms with Crippen LogP contribution >= 0.6 is 0 Å². The number of oxime groups is 1. The Morgan fingerprint density at radius 3 is 2.43 bits per heavy atom. The van der Waals surface area contributed by atoms with Crippen LogP contribution in [0.15, 0.2) is 84.0 Å². The van der Waals surface area contributed by atoms with Gasteiger partial charge in [-0.3, -0.25) is 10.1 Å². The minimum absolute atomic E-state index is 0.0110. The third-order valence-electron chi connectivity index (χ3n) is 7.37. The third kappa shape index (κ3) is 6.30. The number of aryl methyl sites for hydroxylation is 2. The van der Waals surface area contributed by atoms with Crippen molar-refractivity contribution in [3.05, 3.63) is 117 Å². The lowest BCUT2D eigenvalue weighted by molar-refractivity contribution is -0.384. The van der Waals surface area contributed by atoms with Gasteiger partial charge in [-0.1, -0.05) is 29.4 Å². The number of hydrogen-bond donors (Lipinski definition) is 0. The van der Waals surface area contributed by atoms with E-state index in [1.807, 2.05) is 51.1 Å². The molecule has 0 fully saturated rings. The van der Waals surface area contributed by atoms with Crippen LogP contribution in [0.1, 0.15) is 36.1 Å². The molecule has 0 aliphatic heterocycles. The summed E-state index contributed by atoms with van der Waals surface area (Å²) in [5.74, 6) is -0.590. The number of halogens is 1. The molecular weight excluding hydrogens is 565 g/mol. The zero-order chi connectivity index (χ0) is 31.4. The number of nitrogens with zero attached hydrogens (tertiary/aromatic N) is 3. The number of ether oxygens (including phenoxy) is 2. The number of hydrogen-bond acceptors (Lipinski definition) is 7. The molecule has 1 unspecified atom stereocenters. The SMILES string of the molecule is CCn1c2ccc(/C(=N/OC(=O)Cc3ccccc3F)c3ccc(OC(C)COC)cc3C)cc2c2cc([N+](=O)[O-])ccc21. The summed E-state index contributed by atoms with van der Waals surface area (Å²) in [6.07, 6.45) is -0.459. The molecule has 0 aliphatic rings. The van der Waals surface area contributed by atoms with Crippen LogP contribution in [0.4, 0.5) is 10.1 Å². The van der Waals surface area contributed by atoms with Crippen LogP contribution in [0.2, 0.25) is 0 Å². The first kappa shape index (κ1) is 30.4. The molecule has 226 valence electrons. The predicted octanol–water partition coefficient (Wildman–Crippen LogP) is 7.12. The van der Waals surface area contributed by atoms with Gasteiger partial charge in [0.05, 0.1) is 18.0 Å². The van der Waals surface area contributed by atoms with Gasteiger partial charge >= 0.3 is 5.97 Å². The lowest BCUT2D eigenvalue weighted by Crippen LogP contribution is -2.18. The molecule has 0 aliphatic carbocycles. The molecule has 1 atom stereocenters. The normalized spacial score (nSPS) is 12.4. The van der Waals surface area contributed by atoms with Crippen molar-refractivity contribution in [2.24, 2.45) is 5.16 Å². The van der Waals surface area contributed by atoms with E-state index in [0.29, 0.717) is 35.7 Å². The summed E-state index contributed by atoms with van der Waals surface area (Å²) in [6, 6.07) is 22.0. The van der Waals surface area contributed by atoms with E-state index in [-0.39, 0.29) is 23.8 Å². The van der Waals surface area contributed by atoms with Crippen molar-refractivity contribution >= 4 is 39.2 Å². The molecule has 9 nitrogen and oxygen atoms in total. The molecule has 0 saturated heterocycles. The van der Waals surface area contributed by atoms with Crippen molar-refractivity contribution in [1.29, 1.82) is 0 Å². The fraction of sp³-hybridized carbons (Fsp3) is 0.235. The second-order valence-electron chi connectivity index (χ2n) is 10.5. The number of aromatic nitrogens is 1. The number of carbonyl (C=O) groups is 1. The highest BCUT2D eigenvalue weighted by molar-refractivity contribution is 6.17. The highest BCUT2D eigenvalue weighted by Gasteiger charge is 2.19. The first-order chi connectivity index (χ1) is 21.2. The molecule has 44 heavy (non-hydrogen) atoms. The number of rotatable bonds is 11. The monoisotopic (exact) mass is 597 g/mol. The number of nitro groups is 1. The maximum Gasteiger partial charge on any atom is 0.339 e. The lowest BCUT2D eigenvalue weighted by Gasteiger charge is -2.16. The van der Waals surface area contributed by atoms with Crippen molar-refractivity contribution in [2.75, 3.05) is 13.7 Å². The van der Waals surface area contributed by atoms with E-state index < -0.39 is 16.7 Å². The molecule has 0 N–H and O–H groups in total. The topological polar surface area (TPSA) is 105 Å². The molecule has 10 heteroatoms. The number of nitro benzene ring substituents is 1. The van der Waals surface area contributed by atoms with Crippen LogP contribution in [0.25, 0.3) is 21.8 Å². The van der Waals surface area contributed by atoms with Crippen LogP contribution in [0.5, 0.6) is 5.75 Å². The largest absolute Gasteiger partial charge is 0.488 e. The van der Waals surface area contributed by atoms with Crippen LogP contribution in [0.3, 0.4) is 0 Å². The first-order valence-corrected chi connectivity index (χ1v) is 14.2. The maximum atomic E-state index is 14.2. The molecule has 0 saturated carbocycles. The molecule has 5 aromatic rings. The zero-order valence-electron chi connectivity index (χ0n) is 24.9. The Hall–Kier alpha value is -5.09. The number of fused-ring (bicyclic) bond motifs is 3. The van der Waals surface area contributed by atoms with Gasteiger partial charge in [-0.2, -0.15) is 0 Å². The minimum Gasteiger partial charge on any atom is -0.488 e. The van der Waals surface area contributed by atoms with Crippen LogP contribution in [0, 0.1) is 22.9 Å². The Balaban J connectivity index is 1.60. The van der Waals surface area contributed by atoms with E-state index in [1.165, 1.54) is 18.2 Å². The van der Waals surface area contributed by atoms with Gasteiger partial charge in [0, 0.05) is 58.7 Å². The van der Waals surface area contributed by atoms with Crippen molar-refractivity contribution in [2.45, 2.75) is 39.8 Å².